The number of carbonyl (C=O) groups is 2. The second kappa shape index (κ2) is 5.00. The fourth-order valence-corrected chi connectivity index (χ4v) is 2.46. The molecule has 2 aliphatic heterocycles. The van der Waals surface area contributed by atoms with E-state index in [4.69, 9.17) is 4.74 Å². The summed E-state index contributed by atoms with van der Waals surface area (Å²) in [4.78, 5) is 27.5. The molecule has 0 spiro atoms. The molecule has 2 rings (SSSR count). The quantitative estimate of drug-likeness (QED) is 0.692. The van der Waals surface area contributed by atoms with Crippen molar-refractivity contribution in [2.75, 3.05) is 26.2 Å². The normalized spacial score (nSPS) is 28.1. The van der Waals surface area contributed by atoms with Crippen molar-refractivity contribution in [3.63, 3.8) is 0 Å². The maximum Gasteiger partial charge on any atom is 0.410 e. The first-order valence-corrected chi connectivity index (χ1v) is 6.77. The third-order valence-electron chi connectivity index (χ3n) is 3.34. The molecule has 6 nitrogen and oxygen atoms in total. The highest BCUT2D eigenvalue weighted by molar-refractivity contribution is 5.84. The Balaban J connectivity index is 2.00. The number of amides is 2. The number of nitrogens with zero attached hydrogens (tertiary/aromatic N) is 2. The monoisotopic (exact) mass is 269 g/mol. The van der Waals surface area contributed by atoms with E-state index in [0.29, 0.717) is 19.1 Å². The molecule has 0 saturated carbocycles. The maximum absolute atomic E-state index is 12.1. The predicted molar refractivity (Wildman–Crippen MR) is 70.8 cm³/mol. The highest BCUT2D eigenvalue weighted by Crippen LogP contribution is 2.17. The predicted octanol–water partition coefficient (Wildman–Crippen LogP) is 0.426. The summed E-state index contributed by atoms with van der Waals surface area (Å²) in [6.07, 6.45) is -0.404. The number of rotatable bonds is 0. The van der Waals surface area contributed by atoms with Gasteiger partial charge in [0.05, 0.1) is 6.04 Å². The molecule has 6 heteroatoms. The standard InChI is InChI=1S/C13H23N3O3/c1-9-6-16-10(5-14-9)7-15(8-11(16)17)12(18)19-13(2,3)4/h9-10,14H,5-8H2,1-4H3/t9-,10+/m0/s1. The number of hydrogen-bond acceptors (Lipinski definition) is 4. The number of hydrogen-bond donors (Lipinski definition) is 1. The van der Waals surface area contributed by atoms with Gasteiger partial charge in [0.2, 0.25) is 5.91 Å². The van der Waals surface area contributed by atoms with Crippen LogP contribution >= 0.6 is 0 Å². The molecule has 2 atom stereocenters. The molecule has 0 radical (unpaired) electrons. The first-order chi connectivity index (χ1) is 8.76. The van der Waals surface area contributed by atoms with Gasteiger partial charge < -0.3 is 15.0 Å². The van der Waals surface area contributed by atoms with Crippen LogP contribution in [-0.4, -0.2) is 65.7 Å². The van der Waals surface area contributed by atoms with Gasteiger partial charge in [-0.1, -0.05) is 0 Å². The minimum Gasteiger partial charge on any atom is -0.444 e. The van der Waals surface area contributed by atoms with Crippen LogP contribution in [0.4, 0.5) is 4.79 Å². The highest BCUT2D eigenvalue weighted by atomic mass is 16.6. The third kappa shape index (κ3) is 3.37. The van der Waals surface area contributed by atoms with Crippen LogP contribution in [0.15, 0.2) is 0 Å². The zero-order chi connectivity index (χ0) is 14.2. The summed E-state index contributed by atoms with van der Waals surface area (Å²) in [7, 11) is 0. The third-order valence-corrected chi connectivity index (χ3v) is 3.34. The van der Waals surface area contributed by atoms with Gasteiger partial charge in [0.1, 0.15) is 12.1 Å². The average Bonchev–Trinajstić information content (AvgIpc) is 2.27. The van der Waals surface area contributed by atoms with Crippen LogP contribution in [0.3, 0.4) is 0 Å². The fraction of sp³-hybridized carbons (Fsp3) is 0.846. The fourth-order valence-electron chi connectivity index (χ4n) is 2.46. The lowest BCUT2D eigenvalue weighted by molar-refractivity contribution is -0.141. The summed E-state index contributed by atoms with van der Waals surface area (Å²) < 4.78 is 5.32. The summed E-state index contributed by atoms with van der Waals surface area (Å²) in [6.45, 7) is 9.65. The van der Waals surface area contributed by atoms with Gasteiger partial charge in [-0.3, -0.25) is 9.69 Å². The molecule has 0 aliphatic carbocycles. The van der Waals surface area contributed by atoms with Crippen molar-refractivity contribution in [2.24, 2.45) is 0 Å². The van der Waals surface area contributed by atoms with Crippen LogP contribution < -0.4 is 5.32 Å². The lowest BCUT2D eigenvalue weighted by Gasteiger charge is -2.45. The Kier molecular flexibility index (Phi) is 3.71. The first-order valence-electron chi connectivity index (χ1n) is 6.77. The van der Waals surface area contributed by atoms with Crippen molar-refractivity contribution >= 4 is 12.0 Å². The van der Waals surface area contributed by atoms with E-state index in [-0.39, 0.29) is 18.5 Å². The molecule has 0 bridgehead atoms. The van der Waals surface area contributed by atoms with Crippen molar-refractivity contribution in [2.45, 2.75) is 45.4 Å². The molecule has 1 N–H and O–H groups in total. The molecule has 0 aromatic rings. The molecular formula is C13H23N3O3. The molecule has 2 saturated heterocycles. The van der Waals surface area contributed by atoms with E-state index in [1.54, 1.807) is 0 Å². The molecule has 2 aliphatic rings. The molecule has 108 valence electrons. The van der Waals surface area contributed by atoms with Gasteiger partial charge in [-0.25, -0.2) is 4.79 Å². The Bertz CT molecular complexity index is 378. The van der Waals surface area contributed by atoms with E-state index in [9.17, 15) is 9.59 Å². The van der Waals surface area contributed by atoms with Crippen LogP contribution in [0.5, 0.6) is 0 Å². The molecule has 0 aromatic carbocycles. The van der Waals surface area contributed by atoms with E-state index in [1.165, 1.54) is 4.90 Å². The molecule has 0 unspecified atom stereocenters. The van der Waals surface area contributed by atoms with E-state index >= 15 is 0 Å². The highest BCUT2D eigenvalue weighted by Gasteiger charge is 2.38. The van der Waals surface area contributed by atoms with Crippen molar-refractivity contribution < 1.29 is 14.3 Å². The molecule has 0 aromatic heterocycles. The number of fused-ring (bicyclic) bond motifs is 1. The minimum atomic E-state index is -0.531. The summed E-state index contributed by atoms with van der Waals surface area (Å²) in [5.41, 5.74) is -0.531. The Hall–Kier alpha value is -1.30. The first kappa shape index (κ1) is 14.1. The van der Waals surface area contributed by atoms with E-state index in [1.807, 2.05) is 25.7 Å². The lowest BCUT2D eigenvalue weighted by atomic mass is 10.1. The summed E-state index contributed by atoms with van der Waals surface area (Å²) in [6, 6.07) is 0.373. The van der Waals surface area contributed by atoms with Gasteiger partial charge in [-0.15, -0.1) is 0 Å². The van der Waals surface area contributed by atoms with Gasteiger partial charge in [-0.05, 0) is 27.7 Å². The number of piperazine rings is 2. The van der Waals surface area contributed by atoms with Crippen LogP contribution in [0.1, 0.15) is 27.7 Å². The largest absolute Gasteiger partial charge is 0.444 e. The van der Waals surface area contributed by atoms with Crippen LogP contribution in [0.25, 0.3) is 0 Å². The van der Waals surface area contributed by atoms with Crippen molar-refractivity contribution in [1.82, 2.24) is 15.1 Å². The van der Waals surface area contributed by atoms with Crippen molar-refractivity contribution in [1.29, 1.82) is 0 Å². The van der Waals surface area contributed by atoms with E-state index in [0.717, 1.165) is 6.54 Å². The van der Waals surface area contributed by atoms with Crippen LogP contribution in [-0.2, 0) is 9.53 Å². The Morgan fingerprint density at radius 1 is 1.37 bits per heavy atom. The average molecular weight is 269 g/mol. The SMILES string of the molecule is C[C@H]1CN2C(=O)CN(C(=O)OC(C)(C)C)C[C@H]2CN1. The topological polar surface area (TPSA) is 61.9 Å². The number of ether oxygens (including phenoxy) is 1. The smallest absolute Gasteiger partial charge is 0.410 e. The molecule has 2 amide bonds. The van der Waals surface area contributed by atoms with Gasteiger partial charge >= 0.3 is 6.09 Å². The minimum absolute atomic E-state index is 0.00968. The number of nitrogens with one attached hydrogen (secondary N) is 1. The maximum atomic E-state index is 12.1. The Morgan fingerprint density at radius 2 is 2.05 bits per heavy atom. The molecule has 2 fully saturated rings. The second-order valence-corrected chi connectivity index (χ2v) is 6.37. The van der Waals surface area contributed by atoms with E-state index in [2.05, 4.69) is 12.2 Å². The van der Waals surface area contributed by atoms with Gasteiger partial charge in [0.25, 0.3) is 0 Å². The number of carbonyl (C=O) groups excluding carboxylic acids is 2. The Morgan fingerprint density at radius 3 is 2.68 bits per heavy atom. The van der Waals surface area contributed by atoms with Crippen LogP contribution in [0.2, 0.25) is 0 Å². The Labute approximate surface area is 114 Å². The molecule has 19 heavy (non-hydrogen) atoms. The van der Waals surface area contributed by atoms with Gasteiger partial charge in [0, 0.05) is 25.7 Å². The molecule has 2 heterocycles. The zero-order valence-electron chi connectivity index (χ0n) is 12.1. The molecular weight excluding hydrogens is 246 g/mol. The van der Waals surface area contributed by atoms with Crippen molar-refractivity contribution in [3.8, 4) is 0 Å². The van der Waals surface area contributed by atoms with Crippen LogP contribution in [0, 0.1) is 0 Å². The van der Waals surface area contributed by atoms with Gasteiger partial charge in [0.15, 0.2) is 0 Å². The van der Waals surface area contributed by atoms with Gasteiger partial charge in [-0.2, -0.15) is 0 Å². The zero-order valence-corrected chi connectivity index (χ0v) is 12.1. The lowest BCUT2D eigenvalue weighted by Crippen LogP contribution is -2.66. The summed E-state index contributed by atoms with van der Waals surface area (Å²) in [5, 5.41) is 3.34. The van der Waals surface area contributed by atoms with Crippen molar-refractivity contribution in [3.05, 3.63) is 0 Å². The summed E-state index contributed by atoms with van der Waals surface area (Å²) in [5.74, 6) is 0.00968. The van der Waals surface area contributed by atoms with E-state index < -0.39 is 11.7 Å². The second-order valence-electron chi connectivity index (χ2n) is 6.37. The summed E-state index contributed by atoms with van der Waals surface area (Å²) >= 11 is 0.